The van der Waals surface area contributed by atoms with Gasteiger partial charge in [-0.2, -0.15) is 0 Å². The molecular formula is C24H17Cl2FN4O2S. The number of benzene rings is 3. The van der Waals surface area contributed by atoms with Gasteiger partial charge in [0.25, 0.3) is 5.91 Å². The van der Waals surface area contributed by atoms with Gasteiger partial charge in [-0.25, -0.2) is 4.39 Å². The van der Waals surface area contributed by atoms with Gasteiger partial charge >= 0.3 is 0 Å². The fraction of sp³-hybridized carbons (Fsp3) is 0.0833. The molecule has 0 saturated carbocycles. The summed E-state index contributed by atoms with van der Waals surface area (Å²) >= 11 is 13.1. The molecule has 1 heterocycles. The molecule has 0 fully saturated rings. The Bertz CT molecular complexity index is 1320. The van der Waals surface area contributed by atoms with Crippen LogP contribution >= 0.6 is 34.5 Å². The Labute approximate surface area is 208 Å². The molecule has 3 aromatic carbocycles. The molecule has 0 radical (unpaired) electrons. The summed E-state index contributed by atoms with van der Waals surface area (Å²) < 4.78 is 13.2. The van der Waals surface area contributed by atoms with E-state index < -0.39 is 17.9 Å². The number of carbonyl (C=O) groups excluding carboxylic acids is 2. The van der Waals surface area contributed by atoms with E-state index in [1.165, 1.54) is 30.3 Å². The summed E-state index contributed by atoms with van der Waals surface area (Å²) in [6.07, 6.45) is 0.253. The second-order valence-electron chi connectivity index (χ2n) is 7.25. The lowest BCUT2D eigenvalue weighted by Crippen LogP contribution is -2.45. The van der Waals surface area contributed by atoms with Crippen molar-refractivity contribution in [1.82, 2.24) is 15.5 Å². The normalized spacial score (nSPS) is 11.6. The van der Waals surface area contributed by atoms with Crippen LogP contribution in [-0.4, -0.2) is 28.1 Å². The fourth-order valence-electron chi connectivity index (χ4n) is 3.11. The molecule has 0 bridgehead atoms. The largest absolute Gasteiger partial charge is 0.340 e. The summed E-state index contributed by atoms with van der Waals surface area (Å²) in [6, 6.07) is 18.7. The van der Waals surface area contributed by atoms with Crippen molar-refractivity contribution in [3.8, 4) is 10.6 Å². The minimum atomic E-state index is -0.900. The van der Waals surface area contributed by atoms with Crippen molar-refractivity contribution in [2.24, 2.45) is 0 Å². The molecule has 0 saturated heterocycles. The number of aromatic nitrogens is 2. The van der Waals surface area contributed by atoms with Gasteiger partial charge in [-0.15, -0.1) is 10.2 Å². The SMILES string of the molecule is O=C(NC(Cc1ccccc1)C(=O)Nc1nnc(-c2ccc(F)cc2)s1)c1ccc(Cl)c(Cl)c1. The first kappa shape index (κ1) is 23.8. The quantitative estimate of drug-likeness (QED) is 0.334. The molecule has 6 nitrogen and oxygen atoms in total. The molecule has 0 aliphatic carbocycles. The zero-order valence-corrected chi connectivity index (χ0v) is 19.8. The van der Waals surface area contributed by atoms with Crippen molar-refractivity contribution in [3.05, 3.63) is 99.8 Å². The molecule has 1 aromatic heterocycles. The summed E-state index contributed by atoms with van der Waals surface area (Å²) in [4.78, 5) is 25.9. The molecular weight excluding hydrogens is 498 g/mol. The van der Waals surface area contributed by atoms with E-state index in [1.54, 1.807) is 12.1 Å². The third-order valence-electron chi connectivity index (χ3n) is 4.83. The Morgan fingerprint density at radius 3 is 2.38 bits per heavy atom. The van der Waals surface area contributed by atoms with Crippen LogP contribution in [0.25, 0.3) is 10.6 Å². The van der Waals surface area contributed by atoms with Gasteiger partial charge in [0, 0.05) is 17.5 Å². The molecule has 34 heavy (non-hydrogen) atoms. The van der Waals surface area contributed by atoms with Crippen molar-refractivity contribution in [3.63, 3.8) is 0 Å². The molecule has 4 rings (SSSR count). The van der Waals surface area contributed by atoms with Gasteiger partial charge in [0.15, 0.2) is 0 Å². The van der Waals surface area contributed by atoms with E-state index in [4.69, 9.17) is 23.2 Å². The predicted octanol–water partition coefficient (Wildman–Crippen LogP) is 5.63. The Morgan fingerprint density at radius 2 is 1.68 bits per heavy atom. The van der Waals surface area contributed by atoms with Gasteiger partial charge in [0.05, 0.1) is 10.0 Å². The van der Waals surface area contributed by atoms with E-state index in [9.17, 15) is 14.0 Å². The number of halogens is 3. The highest BCUT2D eigenvalue weighted by Crippen LogP contribution is 2.27. The minimum absolute atomic E-state index is 0.237. The molecule has 1 atom stereocenters. The van der Waals surface area contributed by atoms with Crippen molar-refractivity contribution in [1.29, 1.82) is 0 Å². The maximum Gasteiger partial charge on any atom is 0.251 e. The molecule has 172 valence electrons. The highest BCUT2D eigenvalue weighted by molar-refractivity contribution is 7.18. The highest BCUT2D eigenvalue weighted by Gasteiger charge is 2.24. The Balaban J connectivity index is 1.52. The summed E-state index contributed by atoms with van der Waals surface area (Å²) in [5, 5.41) is 14.9. The second kappa shape index (κ2) is 10.7. The van der Waals surface area contributed by atoms with Crippen LogP contribution in [0.15, 0.2) is 72.8 Å². The third kappa shape index (κ3) is 5.96. The van der Waals surface area contributed by atoms with E-state index in [1.807, 2.05) is 30.3 Å². The lowest BCUT2D eigenvalue weighted by molar-refractivity contribution is -0.118. The van der Waals surface area contributed by atoms with Gasteiger partial charge in [-0.05, 0) is 48.0 Å². The first-order valence-electron chi connectivity index (χ1n) is 10.1. The highest BCUT2D eigenvalue weighted by atomic mass is 35.5. The second-order valence-corrected chi connectivity index (χ2v) is 9.05. The predicted molar refractivity (Wildman–Crippen MR) is 132 cm³/mol. The molecule has 4 aromatic rings. The first-order valence-corrected chi connectivity index (χ1v) is 11.7. The van der Waals surface area contributed by atoms with Crippen LogP contribution in [-0.2, 0) is 11.2 Å². The molecule has 0 spiro atoms. The van der Waals surface area contributed by atoms with Gasteiger partial charge in [0.2, 0.25) is 11.0 Å². The van der Waals surface area contributed by atoms with Crippen LogP contribution in [0.3, 0.4) is 0 Å². The number of hydrogen-bond acceptors (Lipinski definition) is 5. The number of anilines is 1. The average molecular weight is 515 g/mol. The molecule has 2 amide bonds. The number of nitrogens with zero attached hydrogens (tertiary/aromatic N) is 2. The average Bonchev–Trinajstić information content (AvgIpc) is 3.30. The van der Waals surface area contributed by atoms with E-state index in [0.29, 0.717) is 15.6 Å². The van der Waals surface area contributed by atoms with E-state index >= 15 is 0 Å². The number of amides is 2. The number of hydrogen-bond donors (Lipinski definition) is 2. The van der Waals surface area contributed by atoms with Crippen LogP contribution in [0.5, 0.6) is 0 Å². The lowest BCUT2D eigenvalue weighted by Gasteiger charge is -2.18. The summed E-state index contributed by atoms with van der Waals surface area (Å²) in [6.45, 7) is 0. The minimum Gasteiger partial charge on any atom is -0.340 e. The van der Waals surface area contributed by atoms with Crippen molar-refractivity contribution < 1.29 is 14.0 Å². The molecule has 0 aliphatic rings. The van der Waals surface area contributed by atoms with E-state index in [2.05, 4.69) is 20.8 Å². The Morgan fingerprint density at radius 1 is 0.941 bits per heavy atom. The van der Waals surface area contributed by atoms with E-state index in [0.717, 1.165) is 16.9 Å². The number of nitrogens with one attached hydrogen (secondary N) is 2. The molecule has 0 aliphatic heterocycles. The van der Waals surface area contributed by atoms with Gasteiger partial charge in [-0.1, -0.05) is 64.9 Å². The molecule has 10 heteroatoms. The van der Waals surface area contributed by atoms with E-state index in [-0.39, 0.29) is 28.0 Å². The van der Waals surface area contributed by atoms with Gasteiger partial charge < -0.3 is 5.32 Å². The van der Waals surface area contributed by atoms with Crippen molar-refractivity contribution in [2.45, 2.75) is 12.5 Å². The lowest BCUT2D eigenvalue weighted by atomic mass is 10.0. The Kier molecular flexibility index (Phi) is 7.52. The summed E-state index contributed by atoms with van der Waals surface area (Å²) in [5.74, 6) is -1.29. The van der Waals surface area contributed by atoms with Crippen molar-refractivity contribution in [2.75, 3.05) is 5.32 Å². The monoisotopic (exact) mass is 514 g/mol. The molecule has 2 N–H and O–H groups in total. The van der Waals surface area contributed by atoms with Crippen LogP contribution in [0.2, 0.25) is 10.0 Å². The summed E-state index contributed by atoms with van der Waals surface area (Å²) in [5.41, 5.74) is 1.81. The van der Waals surface area contributed by atoms with Crippen LogP contribution < -0.4 is 10.6 Å². The van der Waals surface area contributed by atoms with Gasteiger partial charge in [0.1, 0.15) is 16.9 Å². The molecule has 1 unspecified atom stereocenters. The zero-order valence-electron chi connectivity index (χ0n) is 17.5. The first-order chi connectivity index (χ1) is 16.4. The number of carbonyl (C=O) groups is 2. The third-order valence-corrected chi connectivity index (χ3v) is 6.46. The summed E-state index contributed by atoms with van der Waals surface area (Å²) in [7, 11) is 0. The van der Waals surface area contributed by atoms with Crippen LogP contribution in [0, 0.1) is 5.82 Å². The van der Waals surface area contributed by atoms with Crippen LogP contribution in [0.1, 0.15) is 15.9 Å². The Hall–Kier alpha value is -3.33. The topological polar surface area (TPSA) is 84.0 Å². The fourth-order valence-corrected chi connectivity index (χ4v) is 4.16. The van der Waals surface area contributed by atoms with Crippen molar-refractivity contribution >= 4 is 51.5 Å². The maximum absolute atomic E-state index is 13.2. The van der Waals surface area contributed by atoms with Crippen LogP contribution in [0.4, 0.5) is 9.52 Å². The maximum atomic E-state index is 13.2. The smallest absolute Gasteiger partial charge is 0.251 e. The zero-order chi connectivity index (χ0) is 24.1. The number of rotatable bonds is 7. The van der Waals surface area contributed by atoms with Gasteiger partial charge in [-0.3, -0.25) is 14.9 Å². The standard InChI is InChI=1S/C24H17Cl2FN4O2S/c25-18-11-8-16(13-19(18)26)21(32)28-20(12-14-4-2-1-3-5-14)22(33)29-24-31-30-23(34-24)15-6-9-17(27)10-7-15/h1-11,13,20H,12H2,(H,28,32)(H,29,31,33).